The van der Waals surface area contributed by atoms with Crippen LogP contribution in [0.1, 0.15) is 36.3 Å². The fourth-order valence-electron chi connectivity index (χ4n) is 5.75. The summed E-state index contributed by atoms with van der Waals surface area (Å²) in [6.45, 7) is 3.04. The highest BCUT2D eigenvalue weighted by Gasteiger charge is 2.54. The third kappa shape index (κ3) is 3.00. The Morgan fingerprint density at radius 3 is 2.79 bits per heavy atom. The van der Waals surface area contributed by atoms with Gasteiger partial charge in [-0.1, -0.05) is 12.1 Å². The molecule has 4 fully saturated rings. The number of amides is 1. The quantitative estimate of drug-likeness (QED) is 0.883. The minimum absolute atomic E-state index is 0.259. The summed E-state index contributed by atoms with van der Waals surface area (Å²) in [4.78, 5) is 18.0. The van der Waals surface area contributed by atoms with Crippen molar-refractivity contribution in [2.45, 2.75) is 43.7 Å². The lowest BCUT2D eigenvalue weighted by atomic mass is 9.75. The minimum atomic E-state index is 0.259. The van der Waals surface area contributed by atoms with E-state index in [1.807, 2.05) is 31.6 Å². The van der Waals surface area contributed by atoms with Crippen LogP contribution in [0.15, 0.2) is 36.7 Å². The lowest BCUT2D eigenvalue weighted by molar-refractivity contribution is -0.135. The van der Waals surface area contributed by atoms with Gasteiger partial charge in [0.25, 0.3) is 0 Å². The van der Waals surface area contributed by atoms with E-state index in [2.05, 4.69) is 21.0 Å². The smallest absolute Gasteiger partial charge is 0.223 e. The Kier molecular flexibility index (Phi) is 4.38. The minimum Gasteiger partial charge on any atom is -0.508 e. The molecule has 2 aromatic rings. The molecule has 2 bridgehead atoms. The van der Waals surface area contributed by atoms with Gasteiger partial charge in [0.15, 0.2) is 0 Å². The summed E-state index contributed by atoms with van der Waals surface area (Å²) in [5.74, 6) is 1.46. The van der Waals surface area contributed by atoms with E-state index < -0.39 is 0 Å². The number of aromatic nitrogens is 2. The van der Waals surface area contributed by atoms with Crippen molar-refractivity contribution >= 4 is 5.91 Å². The molecule has 1 aromatic heterocycles. The van der Waals surface area contributed by atoms with Gasteiger partial charge < -0.3 is 10.0 Å². The number of hydrogen-bond acceptors (Lipinski definition) is 4. The molecule has 6 rings (SSSR count). The van der Waals surface area contributed by atoms with Gasteiger partial charge in [-0.25, -0.2) is 0 Å². The second-order valence-corrected chi connectivity index (χ2v) is 8.62. The molecule has 0 spiro atoms. The maximum absolute atomic E-state index is 13.2. The predicted molar refractivity (Wildman–Crippen MR) is 106 cm³/mol. The molecule has 4 aliphatic rings. The number of benzene rings is 1. The van der Waals surface area contributed by atoms with Gasteiger partial charge in [-0.15, -0.1) is 0 Å². The van der Waals surface area contributed by atoms with Crippen molar-refractivity contribution < 1.29 is 9.90 Å². The maximum Gasteiger partial charge on any atom is 0.223 e. The van der Waals surface area contributed by atoms with Crippen molar-refractivity contribution in [1.82, 2.24) is 19.6 Å². The molecule has 4 aliphatic heterocycles. The summed E-state index contributed by atoms with van der Waals surface area (Å²) in [5, 5.41) is 14.2. The van der Waals surface area contributed by atoms with Gasteiger partial charge in [-0.2, -0.15) is 5.10 Å². The molecule has 3 atom stereocenters. The molecular formula is C22H28N4O2. The third-order valence-corrected chi connectivity index (χ3v) is 7.00. The van der Waals surface area contributed by atoms with Crippen LogP contribution in [0.2, 0.25) is 0 Å². The van der Waals surface area contributed by atoms with E-state index in [9.17, 15) is 9.90 Å². The average molecular weight is 380 g/mol. The SMILES string of the molecule is Cn1cc(CCC(=O)N2CC(c3cccc(O)c3)C3C2C2CCN3CC2)cn1. The second-order valence-electron chi connectivity index (χ2n) is 8.62. The lowest BCUT2D eigenvalue weighted by Gasteiger charge is -2.51. The highest BCUT2D eigenvalue weighted by molar-refractivity contribution is 5.77. The molecular weight excluding hydrogens is 352 g/mol. The molecule has 28 heavy (non-hydrogen) atoms. The molecule has 5 heterocycles. The Balaban J connectivity index is 1.39. The van der Waals surface area contributed by atoms with Crippen LogP contribution in [0.5, 0.6) is 5.75 Å². The van der Waals surface area contributed by atoms with E-state index in [1.54, 1.807) is 10.7 Å². The van der Waals surface area contributed by atoms with E-state index in [-0.39, 0.29) is 11.8 Å². The number of phenolic OH excluding ortho intramolecular Hbond substituents is 1. The van der Waals surface area contributed by atoms with Crippen LogP contribution < -0.4 is 0 Å². The standard InChI is InChI=1S/C22H28N4O2/c1-24-13-15(12-23-24)5-6-20(28)26-14-19(17-3-2-4-18(27)11-17)22-21(26)16-7-9-25(22)10-8-16/h2-4,11-13,16,19,21-22,27H,5-10,14H2,1H3. The number of piperidine rings is 3. The zero-order valence-corrected chi connectivity index (χ0v) is 16.4. The fourth-order valence-corrected chi connectivity index (χ4v) is 5.75. The molecule has 148 valence electrons. The first-order valence-electron chi connectivity index (χ1n) is 10.4. The molecule has 1 aromatic carbocycles. The Bertz CT molecular complexity index is 871. The summed E-state index contributed by atoms with van der Waals surface area (Å²) in [7, 11) is 1.91. The normalized spacial score (nSPS) is 31.2. The van der Waals surface area contributed by atoms with Crippen LogP contribution in [0.4, 0.5) is 0 Å². The largest absolute Gasteiger partial charge is 0.508 e. The Labute approximate surface area is 165 Å². The van der Waals surface area contributed by atoms with Crippen molar-refractivity contribution in [1.29, 1.82) is 0 Å². The lowest BCUT2D eigenvalue weighted by Crippen LogP contribution is -2.60. The summed E-state index contributed by atoms with van der Waals surface area (Å²) in [5.41, 5.74) is 2.27. The molecule has 0 saturated carbocycles. The molecule has 1 amide bonds. The fraction of sp³-hybridized carbons (Fsp3) is 0.545. The van der Waals surface area contributed by atoms with Crippen molar-refractivity contribution in [3.8, 4) is 5.75 Å². The van der Waals surface area contributed by atoms with Crippen LogP contribution in [-0.2, 0) is 18.3 Å². The maximum atomic E-state index is 13.2. The first-order chi connectivity index (χ1) is 13.6. The van der Waals surface area contributed by atoms with E-state index >= 15 is 0 Å². The van der Waals surface area contributed by atoms with Crippen LogP contribution >= 0.6 is 0 Å². The molecule has 6 heteroatoms. The summed E-state index contributed by atoms with van der Waals surface area (Å²) < 4.78 is 1.79. The van der Waals surface area contributed by atoms with E-state index in [0.29, 0.717) is 30.2 Å². The highest BCUT2D eigenvalue weighted by Crippen LogP contribution is 2.47. The van der Waals surface area contributed by atoms with Gasteiger partial charge >= 0.3 is 0 Å². The van der Waals surface area contributed by atoms with Gasteiger partial charge in [-0.3, -0.25) is 14.4 Å². The van der Waals surface area contributed by atoms with E-state index in [1.165, 1.54) is 12.8 Å². The molecule has 3 unspecified atom stereocenters. The van der Waals surface area contributed by atoms with Crippen LogP contribution in [0.3, 0.4) is 0 Å². The van der Waals surface area contributed by atoms with Crippen molar-refractivity contribution in [3.05, 3.63) is 47.8 Å². The van der Waals surface area contributed by atoms with Crippen LogP contribution in [-0.4, -0.2) is 62.3 Å². The summed E-state index contributed by atoms with van der Waals surface area (Å²) in [6, 6.07) is 8.33. The Morgan fingerprint density at radius 2 is 2.07 bits per heavy atom. The zero-order valence-electron chi connectivity index (χ0n) is 16.4. The van der Waals surface area contributed by atoms with Crippen molar-refractivity contribution in [2.75, 3.05) is 19.6 Å². The third-order valence-electron chi connectivity index (χ3n) is 7.00. The van der Waals surface area contributed by atoms with Gasteiger partial charge in [0.05, 0.1) is 12.2 Å². The average Bonchev–Trinajstić information content (AvgIpc) is 3.32. The topological polar surface area (TPSA) is 61.6 Å². The monoisotopic (exact) mass is 380 g/mol. The second kappa shape index (κ2) is 6.92. The number of aromatic hydroxyl groups is 1. The molecule has 0 aliphatic carbocycles. The number of phenols is 1. The molecule has 1 N–H and O–H groups in total. The predicted octanol–water partition coefficient (Wildman–Crippen LogP) is 2.15. The number of likely N-dealkylation sites (tertiary alicyclic amines) is 1. The first-order valence-corrected chi connectivity index (χ1v) is 10.4. The highest BCUT2D eigenvalue weighted by atomic mass is 16.3. The van der Waals surface area contributed by atoms with Gasteiger partial charge in [0.1, 0.15) is 5.75 Å². The number of carbonyl (C=O) groups excluding carboxylic acids is 1. The number of hydrogen-bond donors (Lipinski definition) is 1. The number of rotatable bonds is 4. The van der Waals surface area contributed by atoms with E-state index in [4.69, 9.17) is 0 Å². The van der Waals surface area contributed by atoms with Gasteiger partial charge in [0, 0.05) is 38.2 Å². The number of nitrogens with zero attached hydrogens (tertiary/aromatic N) is 4. The summed E-state index contributed by atoms with van der Waals surface area (Å²) in [6.07, 6.45) is 7.51. The van der Waals surface area contributed by atoms with Crippen molar-refractivity contribution in [3.63, 3.8) is 0 Å². The van der Waals surface area contributed by atoms with Gasteiger partial charge in [0.2, 0.25) is 5.91 Å². The Morgan fingerprint density at radius 1 is 1.25 bits per heavy atom. The molecule has 0 radical (unpaired) electrons. The number of fused-ring (bicyclic) bond motifs is 2. The molecule has 4 saturated heterocycles. The summed E-state index contributed by atoms with van der Waals surface area (Å²) >= 11 is 0. The Hall–Kier alpha value is -2.34. The zero-order chi connectivity index (χ0) is 19.3. The number of aryl methyl sites for hydroxylation is 2. The van der Waals surface area contributed by atoms with Crippen LogP contribution in [0.25, 0.3) is 0 Å². The van der Waals surface area contributed by atoms with Crippen molar-refractivity contribution in [2.24, 2.45) is 13.0 Å². The molecule has 6 nitrogen and oxygen atoms in total. The first kappa shape index (κ1) is 17.7. The van der Waals surface area contributed by atoms with E-state index in [0.717, 1.165) is 37.2 Å². The van der Waals surface area contributed by atoms with Crippen LogP contribution in [0, 0.1) is 5.92 Å². The van der Waals surface area contributed by atoms with Gasteiger partial charge in [-0.05, 0) is 61.5 Å². The number of carbonyl (C=O) groups is 1.